The Kier molecular flexibility index (Phi) is 8.83. The number of aliphatic carboxylic acids is 1. The van der Waals surface area contributed by atoms with Crippen LogP contribution in [0, 0.1) is 0 Å². The monoisotopic (exact) mass is 283 g/mol. The van der Waals surface area contributed by atoms with Gasteiger partial charge in [0.05, 0.1) is 34.8 Å². The molecular weight excluding hydrogens is 262 g/mol. The molecule has 0 radical (unpaired) electrons. The molecule has 0 saturated carbocycles. The molecule has 0 fully saturated rings. The van der Waals surface area contributed by atoms with Gasteiger partial charge in [0, 0.05) is 12.0 Å². The molecule has 108 valence electrons. The molecule has 0 aromatic carbocycles. The van der Waals surface area contributed by atoms with E-state index in [0.717, 1.165) is 24.6 Å². The first kappa shape index (κ1) is 19.4. The molecule has 8 heteroatoms. The van der Waals surface area contributed by atoms with Gasteiger partial charge in [0.1, 0.15) is 0 Å². The van der Waals surface area contributed by atoms with Crippen molar-refractivity contribution >= 4 is 16.4 Å². The summed E-state index contributed by atoms with van der Waals surface area (Å²) in [5, 5.41) is 8.54. The molecule has 18 heavy (non-hydrogen) atoms. The number of carboxylic acid groups (broad SMARTS) is 1. The summed E-state index contributed by atoms with van der Waals surface area (Å²) < 4.78 is 31.9. The molecule has 0 atom stereocenters. The van der Waals surface area contributed by atoms with Gasteiger partial charge in [-0.15, -0.1) is 0 Å². The van der Waals surface area contributed by atoms with Crippen molar-refractivity contribution in [3.05, 3.63) is 11.6 Å². The fourth-order valence-corrected chi connectivity index (χ4v) is 0.756. The minimum atomic E-state index is -4.41. The van der Waals surface area contributed by atoms with Gasteiger partial charge in [-0.05, 0) is 6.92 Å². The van der Waals surface area contributed by atoms with Crippen molar-refractivity contribution in [3.8, 4) is 0 Å². The van der Waals surface area contributed by atoms with Gasteiger partial charge in [0.15, 0.2) is 0 Å². The van der Waals surface area contributed by atoms with Gasteiger partial charge in [0.2, 0.25) is 10.4 Å². The number of carbonyl (C=O) groups is 1. The standard InChI is InChI=1S/C9H17NO2.CH4O4S/c1-8(9(11)12)6-5-7-10(2,3)4;1-5-6(2,3)4/h6H,5,7H2,1-4H3;1H3,(H,2,3,4). The Balaban J connectivity index is 0. The molecule has 0 bridgehead atoms. The number of rotatable bonds is 5. The van der Waals surface area contributed by atoms with Gasteiger partial charge in [-0.2, -0.15) is 0 Å². The highest BCUT2D eigenvalue weighted by molar-refractivity contribution is 7.80. The highest BCUT2D eigenvalue weighted by Crippen LogP contribution is 1.99. The minimum absolute atomic E-state index is 0.434. The number of hydrogen-bond donors (Lipinski definition) is 1. The molecule has 0 aliphatic heterocycles. The van der Waals surface area contributed by atoms with Gasteiger partial charge >= 0.3 is 5.97 Å². The lowest BCUT2D eigenvalue weighted by atomic mass is 10.2. The third-order valence-electron chi connectivity index (χ3n) is 1.79. The molecule has 7 nitrogen and oxygen atoms in total. The van der Waals surface area contributed by atoms with E-state index in [4.69, 9.17) is 5.11 Å². The maximum absolute atomic E-state index is 10.4. The SMILES string of the molecule is CC(=CCC[N+](C)(C)C)C(=O)O.COS(=O)(=O)[O-]. The van der Waals surface area contributed by atoms with Crippen LogP contribution in [0.25, 0.3) is 0 Å². The van der Waals surface area contributed by atoms with E-state index in [1.807, 2.05) is 0 Å². The Morgan fingerprint density at radius 2 is 1.78 bits per heavy atom. The highest BCUT2D eigenvalue weighted by atomic mass is 32.3. The van der Waals surface area contributed by atoms with E-state index in [1.165, 1.54) is 0 Å². The molecule has 0 aromatic rings. The van der Waals surface area contributed by atoms with Crippen LogP contribution in [0.5, 0.6) is 0 Å². The van der Waals surface area contributed by atoms with E-state index in [0.29, 0.717) is 5.57 Å². The van der Waals surface area contributed by atoms with Gasteiger partial charge in [-0.1, -0.05) is 6.08 Å². The van der Waals surface area contributed by atoms with E-state index >= 15 is 0 Å². The van der Waals surface area contributed by atoms with Crippen LogP contribution in [-0.4, -0.2) is 63.3 Å². The molecule has 0 unspecified atom stereocenters. The number of carboxylic acids is 1. The van der Waals surface area contributed by atoms with Crippen molar-refractivity contribution in [2.45, 2.75) is 13.3 Å². The van der Waals surface area contributed by atoms with Gasteiger partial charge in [0.25, 0.3) is 0 Å². The van der Waals surface area contributed by atoms with Crippen molar-refractivity contribution in [1.82, 2.24) is 0 Å². The highest BCUT2D eigenvalue weighted by Gasteiger charge is 2.05. The topological polar surface area (TPSA) is 104 Å². The summed E-state index contributed by atoms with van der Waals surface area (Å²) in [7, 11) is 2.66. The van der Waals surface area contributed by atoms with Crippen LogP contribution < -0.4 is 0 Å². The predicted molar refractivity (Wildman–Crippen MR) is 65.6 cm³/mol. The molecule has 0 rings (SSSR count). The average molecular weight is 283 g/mol. The Bertz CT molecular complexity index is 380. The second kappa shape index (κ2) is 8.20. The first-order chi connectivity index (χ1) is 7.89. The molecule has 0 aliphatic rings. The van der Waals surface area contributed by atoms with Gasteiger partial charge < -0.3 is 14.1 Å². The van der Waals surface area contributed by atoms with E-state index in [2.05, 4.69) is 25.3 Å². The lowest BCUT2D eigenvalue weighted by Gasteiger charge is -2.22. The van der Waals surface area contributed by atoms with Crippen LogP contribution in [0.2, 0.25) is 0 Å². The minimum Gasteiger partial charge on any atom is -0.726 e. The molecular formula is C10H21NO6S. The van der Waals surface area contributed by atoms with E-state index < -0.39 is 16.4 Å². The van der Waals surface area contributed by atoms with Crippen molar-refractivity contribution in [3.63, 3.8) is 0 Å². The zero-order valence-corrected chi connectivity index (χ0v) is 12.2. The normalized spacial score (nSPS) is 12.7. The summed E-state index contributed by atoms with van der Waals surface area (Å²) in [6.45, 7) is 2.59. The molecule has 0 spiro atoms. The Hall–Kier alpha value is -0.960. The fourth-order valence-electron chi connectivity index (χ4n) is 0.756. The predicted octanol–water partition coefficient (Wildman–Crippen LogP) is 0.207. The first-order valence-electron chi connectivity index (χ1n) is 5.11. The van der Waals surface area contributed by atoms with Gasteiger partial charge in [-0.25, -0.2) is 13.2 Å². The lowest BCUT2D eigenvalue weighted by Crippen LogP contribution is -2.34. The summed E-state index contributed by atoms with van der Waals surface area (Å²) >= 11 is 0. The summed E-state index contributed by atoms with van der Waals surface area (Å²) in [6.07, 6.45) is 2.59. The largest absolute Gasteiger partial charge is 0.726 e. The van der Waals surface area contributed by atoms with Crippen LogP contribution in [0.4, 0.5) is 0 Å². The van der Waals surface area contributed by atoms with E-state index in [9.17, 15) is 17.8 Å². The van der Waals surface area contributed by atoms with Crippen molar-refractivity contribution in [1.29, 1.82) is 0 Å². The van der Waals surface area contributed by atoms with Crippen LogP contribution in [-0.2, 0) is 19.4 Å². The zero-order valence-electron chi connectivity index (χ0n) is 11.3. The fraction of sp³-hybridized carbons (Fsp3) is 0.700. The second-order valence-electron chi connectivity index (χ2n) is 4.57. The van der Waals surface area contributed by atoms with E-state index in [-0.39, 0.29) is 0 Å². The number of hydrogen-bond acceptors (Lipinski definition) is 5. The van der Waals surface area contributed by atoms with E-state index in [1.54, 1.807) is 13.0 Å². The summed E-state index contributed by atoms with van der Waals surface area (Å²) in [5.74, 6) is -0.823. The quantitative estimate of drug-likeness (QED) is 0.335. The van der Waals surface area contributed by atoms with Crippen LogP contribution in [0.1, 0.15) is 13.3 Å². The third kappa shape index (κ3) is 17.4. The maximum atomic E-state index is 10.4. The first-order valence-corrected chi connectivity index (χ1v) is 6.44. The third-order valence-corrected chi connectivity index (χ3v) is 2.20. The maximum Gasteiger partial charge on any atom is 0.330 e. The molecule has 1 N–H and O–H groups in total. The molecule has 0 heterocycles. The number of quaternary nitrogens is 1. The van der Waals surface area contributed by atoms with Gasteiger partial charge in [-0.3, -0.25) is 4.18 Å². The second-order valence-corrected chi connectivity index (χ2v) is 5.72. The van der Waals surface area contributed by atoms with Crippen LogP contribution >= 0.6 is 0 Å². The summed E-state index contributed by atoms with van der Waals surface area (Å²) in [6, 6.07) is 0. The summed E-state index contributed by atoms with van der Waals surface area (Å²) in [5.41, 5.74) is 0.434. The van der Waals surface area contributed by atoms with Crippen molar-refractivity contribution < 1.29 is 31.5 Å². The average Bonchev–Trinajstić information content (AvgIpc) is 2.15. The lowest BCUT2D eigenvalue weighted by molar-refractivity contribution is -0.869. The summed E-state index contributed by atoms with van der Waals surface area (Å²) in [4.78, 5) is 10.4. The Labute approximate surface area is 108 Å². The molecule has 0 aliphatic carbocycles. The van der Waals surface area contributed by atoms with Crippen molar-refractivity contribution in [2.75, 3.05) is 34.8 Å². The molecule has 0 amide bonds. The molecule has 0 saturated heterocycles. The smallest absolute Gasteiger partial charge is 0.330 e. The van der Waals surface area contributed by atoms with Crippen LogP contribution in [0.15, 0.2) is 11.6 Å². The Morgan fingerprint density at radius 1 is 1.39 bits per heavy atom. The Morgan fingerprint density at radius 3 is 2.00 bits per heavy atom. The molecule has 0 aromatic heterocycles. The van der Waals surface area contributed by atoms with Crippen LogP contribution in [0.3, 0.4) is 0 Å². The van der Waals surface area contributed by atoms with Crippen molar-refractivity contribution in [2.24, 2.45) is 0 Å². The number of nitrogens with zero attached hydrogens (tertiary/aromatic N) is 1. The zero-order chi connectivity index (χ0) is 15.0.